The minimum Gasteiger partial charge on any atom is -0.357 e. The molecule has 1 aromatic carbocycles. The van der Waals surface area contributed by atoms with Crippen LogP contribution < -0.4 is 16.0 Å². The number of carbonyl (C=O) groups is 1. The molecule has 0 radical (unpaired) electrons. The Bertz CT molecular complexity index is 697. The molecule has 2 rings (SSSR count). The zero-order chi connectivity index (χ0) is 20.8. The van der Waals surface area contributed by atoms with E-state index in [1.54, 1.807) is 0 Å². The van der Waals surface area contributed by atoms with Crippen molar-refractivity contribution in [2.75, 3.05) is 26.2 Å². The number of hydrogen-bond acceptors (Lipinski definition) is 3. The van der Waals surface area contributed by atoms with E-state index in [-0.39, 0.29) is 47.5 Å². The number of fused-ring (bicyclic) bond motifs is 1. The highest BCUT2D eigenvalue weighted by molar-refractivity contribution is 14.0. The van der Waals surface area contributed by atoms with E-state index < -0.39 is 0 Å². The molecule has 1 aliphatic heterocycles. The molecule has 1 heterocycles. The van der Waals surface area contributed by atoms with E-state index in [2.05, 4.69) is 64.0 Å². The van der Waals surface area contributed by atoms with Crippen LogP contribution in [0, 0.1) is 0 Å². The van der Waals surface area contributed by atoms with Crippen LogP contribution in [0.2, 0.25) is 0 Å². The predicted octanol–water partition coefficient (Wildman–Crippen LogP) is 2.91. The molecule has 0 fully saturated rings. The van der Waals surface area contributed by atoms with E-state index >= 15 is 0 Å². The van der Waals surface area contributed by atoms with Gasteiger partial charge in [-0.1, -0.05) is 24.3 Å². The van der Waals surface area contributed by atoms with Crippen LogP contribution >= 0.6 is 24.0 Å². The number of guanidine groups is 1. The minimum absolute atomic E-state index is 0. The molecular formula is C22H38IN5O. The summed E-state index contributed by atoms with van der Waals surface area (Å²) in [5.74, 6) is 0.605. The second-order valence-corrected chi connectivity index (χ2v) is 9.10. The van der Waals surface area contributed by atoms with Gasteiger partial charge in [0.1, 0.15) is 6.54 Å². The normalized spacial score (nSPS) is 15.2. The van der Waals surface area contributed by atoms with Crippen molar-refractivity contribution in [1.82, 2.24) is 20.9 Å². The molecule has 1 amide bonds. The highest BCUT2D eigenvalue weighted by Gasteiger charge is 2.29. The van der Waals surface area contributed by atoms with Gasteiger partial charge >= 0.3 is 0 Å². The van der Waals surface area contributed by atoms with Crippen LogP contribution in [0.1, 0.15) is 52.7 Å². The Balaban J connectivity index is 0.00000420. The minimum atomic E-state index is -0.245. The first-order valence-corrected chi connectivity index (χ1v) is 10.3. The number of carbonyl (C=O) groups excluding carboxylic acids is 1. The van der Waals surface area contributed by atoms with Gasteiger partial charge in [-0.05, 0) is 59.1 Å². The second-order valence-electron chi connectivity index (χ2n) is 9.10. The first-order chi connectivity index (χ1) is 13.1. The zero-order valence-electron chi connectivity index (χ0n) is 18.8. The first-order valence-electron chi connectivity index (χ1n) is 10.3. The van der Waals surface area contributed by atoms with Gasteiger partial charge < -0.3 is 16.0 Å². The maximum absolute atomic E-state index is 12.1. The molecule has 0 aliphatic carbocycles. The lowest BCUT2D eigenvalue weighted by Crippen LogP contribution is -2.54. The molecule has 0 atom stereocenters. The number of nitrogens with one attached hydrogen (secondary N) is 3. The monoisotopic (exact) mass is 515 g/mol. The van der Waals surface area contributed by atoms with Crippen LogP contribution in [0.4, 0.5) is 0 Å². The fraction of sp³-hybridized carbons (Fsp3) is 0.636. The van der Waals surface area contributed by atoms with Crippen LogP contribution in [-0.2, 0) is 17.8 Å². The molecule has 1 aliphatic rings. The molecule has 1 aromatic rings. The molecule has 29 heavy (non-hydrogen) atoms. The summed E-state index contributed by atoms with van der Waals surface area (Å²) in [6.45, 7) is 16.1. The Morgan fingerprint density at radius 2 is 1.76 bits per heavy atom. The number of halogens is 1. The lowest BCUT2D eigenvalue weighted by Gasteiger charge is -2.42. The van der Waals surface area contributed by atoms with Gasteiger partial charge in [0.05, 0.1) is 0 Å². The first kappa shape index (κ1) is 25.7. The van der Waals surface area contributed by atoms with Crippen molar-refractivity contribution in [3.05, 3.63) is 35.4 Å². The van der Waals surface area contributed by atoms with Gasteiger partial charge in [0, 0.05) is 37.3 Å². The van der Waals surface area contributed by atoms with E-state index in [0.29, 0.717) is 5.96 Å². The predicted molar refractivity (Wildman–Crippen MR) is 132 cm³/mol. The van der Waals surface area contributed by atoms with E-state index in [9.17, 15) is 4.79 Å². The SMILES string of the molecule is CCNC(=NCC(=O)NC(C)(C)C)NCC(C)(C)N1CCc2ccccc2C1.I. The number of amides is 1. The molecule has 0 aromatic heterocycles. The number of benzene rings is 1. The van der Waals surface area contributed by atoms with Crippen LogP contribution in [0.5, 0.6) is 0 Å². The number of rotatable bonds is 6. The fourth-order valence-electron chi connectivity index (χ4n) is 3.37. The van der Waals surface area contributed by atoms with Gasteiger partial charge in [-0.2, -0.15) is 0 Å². The summed E-state index contributed by atoms with van der Waals surface area (Å²) in [5.41, 5.74) is 2.60. The summed E-state index contributed by atoms with van der Waals surface area (Å²) in [6.07, 6.45) is 1.08. The average molecular weight is 515 g/mol. The fourth-order valence-corrected chi connectivity index (χ4v) is 3.37. The molecule has 164 valence electrons. The van der Waals surface area contributed by atoms with Crippen LogP contribution in [0.15, 0.2) is 29.3 Å². The summed E-state index contributed by atoms with van der Waals surface area (Å²) in [4.78, 5) is 19.0. The highest BCUT2D eigenvalue weighted by Crippen LogP contribution is 2.24. The molecule has 0 saturated carbocycles. The van der Waals surface area contributed by atoms with Crippen molar-refractivity contribution >= 4 is 35.8 Å². The second kappa shape index (κ2) is 11.2. The Morgan fingerprint density at radius 1 is 1.10 bits per heavy atom. The Hall–Kier alpha value is -1.35. The van der Waals surface area contributed by atoms with Crippen molar-refractivity contribution in [3.8, 4) is 0 Å². The largest absolute Gasteiger partial charge is 0.357 e. The van der Waals surface area contributed by atoms with Crippen LogP contribution in [-0.4, -0.2) is 54.0 Å². The van der Waals surface area contributed by atoms with Crippen molar-refractivity contribution in [1.29, 1.82) is 0 Å². The van der Waals surface area contributed by atoms with Gasteiger partial charge in [0.25, 0.3) is 0 Å². The van der Waals surface area contributed by atoms with Crippen LogP contribution in [0.25, 0.3) is 0 Å². The van der Waals surface area contributed by atoms with Gasteiger partial charge in [0.2, 0.25) is 5.91 Å². The topological polar surface area (TPSA) is 68.8 Å². The Labute approximate surface area is 193 Å². The van der Waals surface area contributed by atoms with E-state index in [4.69, 9.17) is 0 Å². The summed E-state index contributed by atoms with van der Waals surface area (Å²) in [5, 5.41) is 9.59. The Morgan fingerprint density at radius 3 is 2.38 bits per heavy atom. The summed E-state index contributed by atoms with van der Waals surface area (Å²) < 4.78 is 0. The zero-order valence-corrected chi connectivity index (χ0v) is 21.1. The molecule has 0 unspecified atom stereocenters. The Kier molecular flexibility index (Phi) is 9.88. The quantitative estimate of drug-likeness (QED) is 0.310. The molecular weight excluding hydrogens is 477 g/mol. The smallest absolute Gasteiger partial charge is 0.242 e. The number of aliphatic imine (C=N–C) groups is 1. The lowest BCUT2D eigenvalue weighted by atomic mass is 9.94. The third-order valence-corrected chi connectivity index (χ3v) is 4.91. The van der Waals surface area contributed by atoms with Gasteiger partial charge in [-0.3, -0.25) is 9.69 Å². The van der Waals surface area contributed by atoms with Gasteiger partial charge in [-0.15, -0.1) is 24.0 Å². The molecule has 0 saturated heterocycles. The van der Waals surface area contributed by atoms with Gasteiger partial charge in [0.15, 0.2) is 5.96 Å². The van der Waals surface area contributed by atoms with Gasteiger partial charge in [-0.25, -0.2) is 4.99 Å². The van der Waals surface area contributed by atoms with Crippen molar-refractivity contribution in [2.24, 2.45) is 4.99 Å². The molecule has 7 heteroatoms. The lowest BCUT2D eigenvalue weighted by molar-refractivity contribution is -0.121. The van der Waals surface area contributed by atoms with E-state index in [0.717, 1.165) is 32.6 Å². The summed E-state index contributed by atoms with van der Waals surface area (Å²) in [7, 11) is 0. The third kappa shape index (κ3) is 8.50. The summed E-state index contributed by atoms with van der Waals surface area (Å²) >= 11 is 0. The maximum Gasteiger partial charge on any atom is 0.242 e. The number of hydrogen-bond donors (Lipinski definition) is 3. The molecule has 0 bridgehead atoms. The maximum atomic E-state index is 12.1. The number of nitrogens with zero attached hydrogens (tertiary/aromatic N) is 2. The van der Waals surface area contributed by atoms with Crippen molar-refractivity contribution < 1.29 is 4.79 Å². The summed E-state index contributed by atoms with van der Waals surface area (Å²) in [6, 6.07) is 8.70. The standard InChI is InChI=1S/C22H37N5O.HI/c1-7-23-20(24-14-19(28)26-21(2,3)4)25-16-22(5,6)27-13-12-17-10-8-9-11-18(17)15-27;/h8-11H,7,12-16H2,1-6H3,(H,26,28)(H2,23,24,25);1H. The molecule has 6 nitrogen and oxygen atoms in total. The van der Waals surface area contributed by atoms with Crippen molar-refractivity contribution in [3.63, 3.8) is 0 Å². The third-order valence-electron chi connectivity index (χ3n) is 4.91. The van der Waals surface area contributed by atoms with Crippen LogP contribution in [0.3, 0.4) is 0 Å². The highest BCUT2D eigenvalue weighted by atomic mass is 127. The average Bonchev–Trinajstić information content (AvgIpc) is 2.62. The molecule has 3 N–H and O–H groups in total. The van der Waals surface area contributed by atoms with E-state index in [1.807, 2.05) is 27.7 Å². The molecule has 0 spiro atoms. The van der Waals surface area contributed by atoms with E-state index in [1.165, 1.54) is 11.1 Å². The van der Waals surface area contributed by atoms with Crippen molar-refractivity contribution in [2.45, 2.75) is 65.6 Å².